The quantitative estimate of drug-likeness (QED) is 0.183. The van der Waals surface area contributed by atoms with Crippen molar-refractivity contribution in [2.24, 2.45) is 4.99 Å². The second-order valence-electron chi connectivity index (χ2n) is 10.0. The highest BCUT2D eigenvalue weighted by Crippen LogP contribution is 2.50. The van der Waals surface area contributed by atoms with E-state index in [2.05, 4.69) is 4.90 Å². The minimum absolute atomic E-state index is 0.00343. The average Bonchev–Trinajstić information content (AvgIpc) is 3.41. The number of ether oxygens (including phenoxy) is 2. The van der Waals surface area contributed by atoms with Gasteiger partial charge in [-0.1, -0.05) is 48.6 Å². The van der Waals surface area contributed by atoms with Crippen molar-refractivity contribution in [1.29, 1.82) is 0 Å². The number of phenols is 3. The van der Waals surface area contributed by atoms with Gasteiger partial charge in [0.2, 0.25) is 0 Å². The van der Waals surface area contributed by atoms with Crippen LogP contribution in [0.2, 0.25) is 0 Å². The molecule has 44 heavy (non-hydrogen) atoms. The number of rotatable bonds is 8. The molecular weight excluding hydrogens is 576 g/mol. The Balaban J connectivity index is 1.51. The zero-order chi connectivity index (χ0) is 30.8. The monoisotopic (exact) mass is 604 g/mol. The molecule has 220 valence electrons. The summed E-state index contributed by atoms with van der Waals surface area (Å²) in [6.07, 6.45) is 6.77. The Hall–Kier alpha value is -5.41. The molecule has 4 aromatic carbocycles. The van der Waals surface area contributed by atoms with Crippen LogP contribution in [0.5, 0.6) is 28.7 Å². The van der Waals surface area contributed by atoms with E-state index in [1.54, 1.807) is 54.6 Å². The maximum absolute atomic E-state index is 14.2. The van der Waals surface area contributed by atoms with Crippen LogP contribution in [0.25, 0.3) is 12.2 Å². The van der Waals surface area contributed by atoms with Crippen molar-refractivity contribution < 1.29 is 29.6 Å². The maximum Gasteiger partial charge on any atom is 0.186 e. The Kier molecular flexibility index (Phi) is 7.87. The van der Waals surface area contributed by atoms with Crippen molar-refractivity contribution in [1.82, 2.24) is 0 Å². The number of hydrogen-bond donors (Lipinski definition) is 3. The number of carbonyl (C=O) groups is 1. The molecule has 1 atom stereocenters. The van der Waals surface area contributed by atoms with E-state index in [4.69, 9.17) is 14.5 Å². The lowest BCUT2D eigenvalue weighted by Crippen LogP contribution is -2.36. The summed E-state index contributed by atoms with van der Waals surface area (Å²) in [7, 11) is 2.95. The lowest BCUT2D eigenvalue weighted by atomic mass is 9.90. The highest BCUT2D eigenvalue weighted by atomic mass is 32.2. The zero-order valence-electron chi connectivity index (χ0n) is 23.8. The number of fused-ring (bicyclic) bond motifs is 3. The van der Waals surface area contributed by atoms with E-state index in [0.29, 0.717) is 28.3 Å². The summed E-state index contributed by atoms with van der Waals surface area (Å²) < 4.78 is 10.5. The SMILES string of the molecule is COc1cc(/C=C/C(=O)C2=C(/C=C/c3ccc(O)c(OC)c3)N=C3Sc4ccccc4N3C2c2ccc(O)cc2)ccc1O. The zero-order valence-corrected chi connectivity index (χ0v) is 24.7. The van der Waals surface area contributed by atoms with Crippen LogP contribution in [-0.2, 0) is 4.79 Å². The van der Waals surface area contributed by atoms with E-state index >= 15 is 0 Å². The summed E-state index contributed by atoms with van der Waals surface area (Å²) in [5.41, 5.74) is 4.05. The fourth-order valence-corrected chi connectivity index (χ4v) is 6.21. The van der Waals surface area contributed by atoms with Gasteiger partial charge in [-0.05, 0) is 89.1 Å². The number of nitrogens with zero attached hydrogens (tertiary/aromatic N) is 2. The van der Waals surface area contributed by atoms with Gasteiger partial charge in [0, 0.05) is 4.90 Å². The van der Waals surface area contributed by atoms with Crippen molar-refractivity contribution in [3.05, 3.63) is 125 Å². The van der Waals surface area contributed by atoms with Crippen molar-refractivity contribution >= 4 is 40.6 Å². The molecule has 2 aliphatic heterocycles. The minimum Gasteiger partial charge on any atom is -0.508 e. The summed E-state index contributed by atoms with van der Waals surface area (Å²) in [4.78, 5) is 22.3. The molecule has 0 saturated carbocycles. The van der Waals surface area contributed by atoms with E-state index in [0.717, 1.165) is 26.9 Å². The predicted molar refractivity (Wildman–Crippen MR) is 172 cm³/mol. The molecule has 0 radical (unpaired) electrons. The molecule has 0 aromatic heterocycles. The Labute approximate surface area is 258 Å². The number of allylic oxidation sites excluding steroid dienone is 2. The van der Waals surface area contributed by atoms with E-state index in [1.165, 1.54) is 38.1 Å². The first-order valence-electron chi connectivity index (χ1n) is 13.7. The number of amidine groups is 1. The number of benzene rings is 4. The molecule has 4 aromatic rings. The molecule has 2 aliphatic rings. The third kappa shape index (κ3) is 5.52. The van der Waals surface area contributed by atoms with E-state index in [-0.39, 0.29) is 23.0 Å². The lowest BCUT2D eigenvalue weighted by Gasteiger charge is -2.35. The summed E-state index contributed by atoms with van der Waals surface area (Å²) in [6, 6.07) is 24.1. The molecular formula is C35H28N2O6S. The predicted octanol–water partition coefficient (Wildman–Crippen LogP) is 7.09. The molecule has 2 heterocycles. The molecule has 0 amide bonds. The molecule has 3 N–H and O–H groups in total. The third-order valence-corrected chi connectivity index (χ3v) is 8.33. The molecule has 0 fully saturated rings. The van der Waals surface area contributed by atoms with Crippen LogP contribution in [0.1, 0.15) is 22.7 Å². The number of anilines is 1. The Bertz CT molecular complexity index is 1880. The van der Waals surface area contributed by atoms with Crippen LogP contribution >= 0.6 is 11.8 Å². The molecule has 0 aliphatic carbocycles. The van der Waals surface area contributed by atoms with Gasteiger partial charge in [-0.3, -0.25) is 4.79 Å². The van der Waals surface area contributed by atoms with Crippen LogP contribution in [0.15, 0.2) is 118 Å². The largest absolute Gasteiger partial charge is 0.508 e. The smallest absolute Gasteiger partial charge is 0.186 e. The molecule has 9 heteroatoms. The van der Waals surface area contributed by atoms with Crippen LogP contribution in [0.3, 0.4) is 0 Å². The second kappa shape index (κ2) is 12.1. The number of methoxy groups -OCH3 is 2. The number of aliphatic imine (C=N–C) groups is 1. The number of hydrogen-bond acceptors (Lipinski definition) is 9. The standard InChI is InChI=1S/C35H28N2O6S/c1-42-30-19-21(8-16-27(30)39)7-15-25-33(29(41)18-10-22-9-17-28(40)31(20-22)43-2)34(23-11-13-24(38)14-12-23)37-26-5-3-4-6-32(26)44-35(37)36-25/h3-20,34,38-40H,1-2H3/b15-7+,18-10+. The number of carbonyl (C=O) groups excluding carboxylic acids is 1. The van der Waals surface area contributed by atoms with Gasteiger partial charge < -0.3 is 29.7 Å². The Morgan fingerprint density at radius 1 is 0.818 bits per heavy atom. The van der Waals surface area contributed by atoms with Crippen LogP contribution in [0.4, 0.5) is 5.69 Å². The fraction of sp³-hybridized carbons (Fsp3) is 0.0857. The summed E-state index contributed by atoms with van der Waals surface area (Å²) in [5, 5.41) is 30.9. The number of aromatic hydroxyl groups is 3. The van der Waals surface area contributed by atoms with Gasteiger partial charge in [-0.25, -0.2) is 4.99 Å². The highest BCUT2D eigenvalue weighted by molar-refractivity contribution is 8.14. The van der Waals surface area contributed by atoms with E-state index in [1.807, 2.05) is 42.5 Å². The first-order chi connectivity index (χ1) is 21.4. The van der Waals surface area contributed by atoms with Crippen molar-refractivity contribution in [2.75, 3.05) is 19.1 Å². The van der Waals surface area contributed by atoms with Gasteiger partial charge in [0.25, 0.3) is 0 Å². The van der Waals surface area contributed by atoms with Gasteiger partial charge in [0.15, 0.2) is 33.9 Å². The summed E-state index contributed by atoms with van der Waals surface area (Å²) in [5.74, 6) is 0.505. The Morgan fingerprint density at radius 2 is 1.45 bits per heavy atom. The maximum atomic E-state index is 14.2. The lowest BCUT2D eigenvalue weighted by molar-refractivity contribution is -0.111. The molecule has 1 unspecified atom stereocenters. The summed E-state index contributed by atoms with van der Waals surface area (Å²) >= 11 is 1.52. The van der Waals surface area contributed by atoms with Gasteiger partial charge >= 0.3 is 0 Å². The topological polar surface area (TPSA) is 112 Å². The first-order valence-corrected chi connectivity index (χ1v) is 14.5. The molecule has 0 saturated heterocycles. The van der Waals surface area contributed by atoms with Crippen LogP contribution in [-0.4, -0.2) is 40.5 Å². The average molecular weight is 605 g/mol. The van der Waals surface area contributed by atoms with Gasteiger partial charge in [0.05, 0.1) is 37.2 Å². The molecule has 8 nitrogen and oxygen atoms in total. The van der Waals surface area contributed by atoms with Crippen LogP contribution < -0.4 is 14.4 Å². The van der Waals surface area contributed by atoms with Crippen molar-refractivity contribution in [3.63, 3.8) is 0 Å². The first kappa shape index (κ1) is 28.7. The van der Waals surface area contributed by atoms with Gasteiger partial charge in [0.1, 0.15) is 5.75 Å². The minimum atomic E-state index is -0.556. The third-order valence-electron chi connectivity index (χ3n) is 7.30. The highest BCUT2D eigenvalue weighted by Gasteiger charge is 2.41. The number of para-hydroxylation sites is 1. The molecule has 6 rings (SSSR count). The molecule has 0 spiro atoms. The molecule has 0 bridgehead atoms. The van der Waals surface area contributed by atoms with Crippen molar-refractivity contribution in [2.45, 2.75) is 10.9 Å². The number of ketones is 1. The van der Waals surface area contributed by atoms with Gasteiger partial charge in [-0.2, -0.15) is 0 Å². The summed E-state index contributed by atoms with van der Waals surface area (Å²) in [6.45, 7) is 0. The number of thioether (sulfide) groups is 1. The normalized spacial score (nSPS) is 15.8. The van der Waals surface area contributed by atoms with Gasteiger partial charge in [-0.15, -0.1) is 0 Å². The van der Waals surface area contributed by atoms with E-state index < -0.39 is 6.04 Å². The fourth-order valence-electron chi connectivity index (χ4n) is 5.14. The second-order valence-corrected chi connectivity index (χ2v) is 11.0. The van der Waals surface area contributed by atoms with Crippen molar-refractivity contribution in [3.8, 4) is 28.7 Å². The van der Waals surface area contributed by atoms with Crippen LogP contribution in [0, 0.1) is 0 Å². The Morgan fingerprint density at radius 3 is 2.11 bits per heavy atom. The van der Waals surface area contributed by atoms with E-state index in [9.17, 15) is 20.1 Å². The number of phenolic OH excluding ortho intramolecular Hbond substituents is 3.